The van der Waals surface area contributed by atoms with Crippen LogP contribution in [0.4, 0.5) is 0 Å². The molecule has 0 saturated heterocycles. The van der Waals surface area contributed by atoms with Crippen LogP contribution in [-0.4, -0.2) is 16.7 Å². The summed E-state index contributed by atoms with van der Waals surface area (Å²) >= 11 is 0. The fourth-order valence-corrected chi connectivity index (χ4v) is 6.15. The molecular formula is C43H31BIrN2O2-2. The maximum atomic E-state index is 7.84. The van der Waals surface area contributed by atoms with Gasteiger partial charge in [0, 0.05) is 56.3 Å². The quantitative estimate of drug-likeness (QED) is 0.133. The summed E-state index contributed by atoms with van der Waals surface area (Å²) in [4.78, 5) is 8.72. The molecule has 6 heteroatoms. The summed E-state index contributed by atoms with van der Waals surface area (Å²) in [6, 6.07) is 42.5. The van der Waals surface area contributed by atoms with Gasteiger partial charge in [-0.1, -0.05) is 96.7 Å². The molecule has 4 nitrogen and oxygen atoms in total. The molecule has 0 N–H and O–H groups in total. The summed E-state index contributed by atoms with van der Waals surface area (Å²) in [6.07, 6.45) is 2.99. The molecule has 0 saturated carbocycles. The van der Waals surface area contributed by atoms with Gasteiger partial charge in [0.25, 0.3) is 0 Å². The number of rotatable bonds is 3. The van der Waals surface area contributed by atoms with Crippen molar-refractivity contribution in [3.8, 4) is 56.6 Å². The smallest absolute Gasteiger partial charge is 0.239 e. The van der Waals surface area contributed by atoms with Crippen molar-refractivity contribution in [1.82, 2.24) is 9.97 Å². The summed E-state index contributed by atoms with van der Waals surface area (Å²) in [7, 11) is 0. The van der Waals surface area contributed by atoms with Crippen LogP contribution in [0.5, 0.6) is 23.0 Å². The fourth-order valence-electron chi connectivity index (χ4n) is 6.15. The van der Waals surface area contributed by atoms with Gasteiger partial charge < -0.3 is 19.4 Å². The Labute approximate surface area is 313 Å². The molecule has 0 amide bonds. The van der Waals surface area contributed by atoms with Gasteiger partial charge in [-0.25, -0.2) is 0 Å². The molecule has 0 bridgehead atoms. The second-order valence-electron chi connectivity index (χ2n) is 11.4. The molecule has 2 aliphatic rings. The Morgan fingerprint density at radius 1 is 0.633 bits per heavy atom. The van der Waals surface area contributed by atoms with Gasteiger partial charge in [0.15, 0.2) is 0 Å². The van der Waals surface area contributed by atoms with Crippen LogP contribution < -0.4 is 25.9 Å². The Kier molecular flexibility index (Phi) is 6.46. The molecule has 0 unspecified atom stereocenters. The van der Waals surface area contributed by atoms with Crippen molar-refractivity contribution >= 4 is 23.1 Å². The number of nitrogens with zero attached hydrogens (tertiary/aromatic N) is 2. The maximum Gasteiger partial charge on any atom is 0.239 e. The maximum absolute atomic E-state index is 7.84. The molecule has 0 atom stereocenters. The van der Waals surface area contributed by atoms with Crippen molar-refractivity contribution < 1.29 is 41.9 Å². The molecule has 0 fully saturated rings. The van der Waals surface area contributed by atoms with E-state index in [2.05, 4.69) is 46.4 Å². The predicted octanol–water partition coefficient (Wildman–Crippen LogP) is 8.41. The van der Waals surface area contributed by atoms with Crippen LogP contribution >= 0.6 is 0 Å². The Hall–Kier alpha value is -5.29. The molecule has 4 heterocycles. The average molecular weight is 820 g/mol. The standard InChI is InChI=1S/C23H13BNO2.C20H18N.Ir/c1-3-10-19-16(7-1)24-17-8-2-4-11-20(17)27-23-15(18-9-5-6-14-25-18)12-13-21(26-19)22(23)24;1-14-8-10-17(11-9-14)20-12-19(16(3)13-21-20)18-7-5-4-6-15(18)2;/h1-11,13-14H;4-10,12-13H,1-3H3;/q2*-1;/i;1D3,2D3,3D3;. The zero-order valence-corrected chi connectivity index (χ0v) is 28.2. The third kappa shape index (κ3) is 6.10. The molecule has 2 aromatic heterocycles. The minimum Gasteiger partial charge on any atom is -0.503 e. The van der Waals surface area contributed by atoms with Gasteiger partial charge in [-0.15, -0.1) is 47.5 Å². The SMILES string of the molecule is [2H]C([2H])([2H])c1c[c-]c(-c2cc(-c3ccccc3C([2H])([2H])[2H])c(C([2H])([2H])[2H])cn2)cc1.[Ir].[c-]1cc2c3c(c1-c1ccccn1)Oc1ccccc1B3c1ccccc1O2. The number of hydrogen-bond donors (Lipinski definition) is 0. The van der Waals surface area contributed by atoms with Crippen LogP contribution in [0.15, 0.2) is 134 Å². The van der Waals surface area contributed by atoms with Gasteiger partial charge in [-0.05, 0) is 76.5 Å². The second kappa shape index (κ2) is 13.7. The van der Waals surface area contributed by atoms with E-state index in [0.717, 1.165) is 50.6 Å². The van der Waals surface area contributed by atoms with Crippen LogP contribution in [0.1, 0.15) is 29.0 Å². The Balaban J connectivity index is 0.000000174. The molecule has 2 aliphatic heterocycles. The minimum atomic E-state index is -2.50. The number of hydrogen-bond acceptors (Lipinski definition) is 4. The van der Waals surface area contributed by atoms with Gasteiger partial charge in [-0.2, -0.15) is 0 Å². The van der Waals surface area contributed by atoms with Crippen molar-refractivity contribution in [2.75, 3.05) is 0 Å². The Bertz CT molecular complexity index is 2610. The zero-order chi connectivity index (χ0) is 40.1. The molecule has 0 aliphatic carbocycles. The van der Waals surface area contributed by atoms with E-state index in [1.54, 1.807) is 30.5 Å². The number of para-hydroxylation sites is 2. The third-order valence-corrected chi connectivity index (χ3v) is 8.40. The van der Waals surface area contributed by atoms with Crippen LogP contribution in [0.25, 0.3) is 33.6 Å². The van der Waals surface area contributed by atoms with Gasteiger partial charge in [0.05, 0.1) is 0 Å². The van der Waals surface area contributed by atoms with Gasteiger partial charge in [0.1, 0.15) is 11.5 Å². The van der Waals surface area contributed by atoms with E-state index in [-0.39, 0.29) is 54.6 Å². The molecular weight excluding hydrogens is 780 g/mol. The number of aromatic nitrogens is 2. The van der Waals surface area contributed by atoms with E-state index in [0.29, 0.717) is 11.3 Å². The first-order valence-electron chi connectivity index (χ1n) is 19.8. The first-order valence-corrected chi connectivity index (χ1v) is 15.3. The van der Waals surface area contributed by atoms with Crippen molar-refractivity contribution in [3.05, 3.63) is 163 Å². The average Bonchev–Trinajstić information content (AvgIpc) is 3.20. The summed E-state index contributed by atoms with van der Waals surface area (Å²) in [5.41, 5.74) is 6.49. The van der Waals surface area contributed by atoms with Crippen LogP contribution in [-0.2, 0) is 20.1 Å². The minimum absolute atomic E-state index is 0. The van der Waals surface area contributed by atoms with E-state index in [1.807, 2.05) is 48.5 Å². The normalized spacial score (nSPS) is 15.2. The molecule has 49 heavy (non-hydrogen) atoms. The van der Waals surface area contributed by atoms with Crippen LogP contribution in [0, 0.1) is 32.7 Å². The van der Waals surface area contributed by atoms with Crippen LogP contribution in [0.2, 0.25) is 0 Å². The van der Waals surface area contributed by atoms with Crippen molar-refractivity contribution in [2.24, 2.45) is 0 Å². The van der Waals surface area contributed by atoms with E-state index < -0.39 is 20.6 Å². The Morgan fingerprint density at radius 2 is 1.39 bits per heavy atom. The summed E-state index contributed by atoms with van der Waals surface area (Å²) in [5.74, 6) is 3.33. The molecule has 5 aromatic carbocycles. The number of fused-ring (bicyclic) bond motifs is 4. The van der Waals surface area contributed by atoms with E-state index >= 15 is 0 Å². The Morgan fingerprint density at radius 3 is 2.12 bits per heavy atom. The first kappa shape index (κ1) is 23.1. The van der Waals surface area contributed by atoms with E-state index in [9.17, 15) is 0 Å². The summed E-state index contributed by atoms with van der Waals surface area (Å²) in [6.45, 7) is -7.13. The van der Waals surface area contributed by atoms with Crippen LogP contribution in [0.3, 0.4) is 0 Å². The molecule has 9 rings (SSSR count). The van der Waals surface area contributed by atoms with E-state index in [1.165, 1.54) is 30.5 Å². The van der Waals surface area contributed by atoms with Crippen molar-refractivity contribution in [2.45, 2.75) is 20.6 Å². The second-order valence-corrected chi connectivity index (χ2v) is 11.4. The van der Waals surface area contributed by atoms with Crippen molar-refractivity contribution in [1.29, 1.82) is 0 Å². The topological polar surface area (TPSA) is 44.2 Å². The molecule has 0 spiro atoms. The van der Waals surface area contributed by atoms with E-state index in [4.69, 9.17) is 21.8 Å². The predicted molar refractivity (Wildman–Crippen MR) is 194 cm³/mol. The third-order valence-electron chi connectivity index (χ3n) is 8.40. The van der Waals surface area contributed by atoms with Gasteiger partial charge in [-0.3, -0.25) is 0 Å². The number of pyridine rings is 2. The van der Waals surface area contributed by atoms with Gasteiger partial charge >= 0.3 is 0 Å². The summed E-state index contributed by atoms with van der Waals surface area (Å²) in [5, 5.41) is 0. The number of benzene rings is 5. The monoisotopic (exact) mass is 820 g/mol. The molecule has 1 radical (unpaired) electrons. The molecule has 239 valence electrons. The summed E-state index contributed by atoms with van der Waals surface area (Å²) < 4.78 is 81.9. The fraction of sp³-hybridized carbons (Fsp3) is 0.0698. The first-order chi connectivity index (χ1) is 27.2. The largest absolute Gasteiger partial charge is 0.503 e. The van der Waals surface area contributed by atoms with Gasteiger partial charge in [0.2, 0.25) is 6.71 Å². The van der Waals surface area contributed by atoms with Crippen molar-refractivity contribution in [3.63, 3.8) is 0 Å². The number of ether oxygens (including phenoxy) is 2. The number of aryl methyl sites for hydroxylation is 3. The molecule has 7 aromatic rings. The zero-order valence-electron chi connectivity index (χ0n) is 34.8.